The molecule has 0 radical (unpaired) electrons. The van der Waals surface area contributed by atoms with E-state index in [4.69, 9.17) is 4.42 Å². The van der Waals surface area contributed by atoms with E-state index in [1.165, 1.54) is 6.26 Å². The number of benzene rings is 2. The minimum Gasteiger partial charge on any atom is -0.459 e. The predicted molar refractivity (Wildman–Crippen MR) is 114 cm³/mol. The molecular formula is C22H20N6O3. The molecular weight excluding hydrogens is 396 g/mol. The molecule has 0 fully saturated rings. The van der Waals surface area contributed by atoms with Gasteiger partial charge in [0.05, 0.1) is 12.8 Å². The van der Waals surface area contributed by atoms with Crippen molar-refractivity contribution in [2.45, 2.75) is 13.1 Å². The lowest BCUT2D eigenvalue weighted by Crippen LogP contribution is -2.35. The van der Waals surface area contributed by atoms with Crippen LogP contribution in [0, 0.1) is 0 Å². The van der Waals surface area contributed by atoms with Crippen molar-refractivity contribution >= 4 is 17.6 Å². The Morgan fingerprint density at radius 3 is 2.58 bits per heavy atom. The second kappa shape index (κ2) is 9.40. The van der Waals surface area contributed by atoms with Crippen molar-refractivity contribution in [3.05, 3.63) is 96.5 Å². The number of amides is 3. The number of nitrogens with one attached hydrogen (secondary N) is 3. The highest BCUT2D eigenvalue weighted by Gasteiger charge is 2.10. The van der Waals surface area contributed by atoms with E-state index in [2.05, 4.69) is 26.1 Å². The Morgan fingerprint density at radius 2 is 1.77 bits per heavy atom. The fourth-order valence-corrected chi connectivity index (χ4v) is 2.95. The Hall–Kier alpha value is -4.40. The molecule has 3 amide bonds. The summed E-state index contributed by atoms with van der Waals surface area (Å²) in [5.74, 6) is 0.505. The van der Waals surface area contributed by atoms with Gasteiger partial charge in [0.25, 0.3) is 5.91 Å². The summed E-state index contributed by atoms with van der Waals surface area (Å²) in [7, 11) is 0. The van der Waals surface area contributed by atoms with Gasteiger partial charge < -0.3 is 20.4 Å². The maximum atomic E-state index is 12.2. The van der Waals surface area contributed by atoms with Crippen LogP contribution >= 0.6 is 0 Å². The SMILES string of the molecule is O=C(NCc1cccc(NC(=O)c2ccco2)c1)NCc1nncn1-c1ccccc1. The monoisotopic (exact) mass is 416 g/mol. The highest BCUT2D eigenvalue weighted by Crippen LogP contribution is 2.13. The molecule has 0 spiro atoms. The lowest BCUT2D eigenvalue weighted by atomic mass is 10.2. The standard InChI is InChI=1S/C22H20N6O3/c29-21(19-10-5-11-31-19)26-17-7-4-6-16(12-17)13-23-22(30)24-14-20-27-25-15-28(20)18-8-2-1-3-9-18/h1-12,15H,13-14H2,(H,26,29)(H2,23,24,30). The van der Waals surface area contributed by atoms with Crippen molar-refractivity contribution in [3.8, 4) is 5.69 Å². The molecule has 4 aromatic rings. The van der Waals surface area contributed by atoms with Crippen LogP contribution in [-0.2, 0) is 13.1 Å². The molecule has 4 rings (SSSR count). The molecule has 2 aromatic carbocycles. The van der Waals surface area contributed by atoms with Crippen molar-refractivity contribution in [3.63, 3.8) is 0 Å². The quantitative estimate of drug-likeness (QED) is 0.428. The van der Waals surface area contributed by atoms with Crippen LogP contribution in [0.25, 0.3) is 5.69 Å². The van der Waals surface area contributed by atoms with Gasteiger partial charge in [-0.15, -0.1) is 10.2 Å². The topological polar surface area (TPSA) is 114 Å². The third-order valence-corrected chi connectivity index (χ3v) is 4.44. The minimum atomic E-state index is -0.340. The van der Waals surface area contributed by atoms with E-state index in [1.54, 1.807) is 36.7 Å². The molecule has 0 atom stereocenters. The molecule has 2 aromatic heterocycles. The van der Waals surface area contributed by atoms with Gasteiger partial charge in [-0.1, -0.05) is 30.3 Å². The van der Waals surface area contributed by atoms with E-state index < -0.39 is 0 Å². The zero-order valence-corrected chi connectivity index (χ0v) is 16.5. The first kappa shape index (κ1) is 19.9. The van der Waals surface area contributed by atoms with Gasteiger partial charge in [-0.25, -0.2) is 4.79 Å². The highest BCUT2D eigenvalue weighted by atomic mass is 16.3. The molecule has 0 aliphatic carbocycles. The predicted octanol–water partition coefficient (Wildman–Crippen LogP) is 3.11. The molecule has 9 heteroatoms. The number of anilines is 1. The van der Waals surface area contributed by atoms with Gasteiger partial charge in [-0.05, 0) is 42.0 Å². The molecule has 0 aliphatic heterocycles. The van der Waals surface area contributed by atoms with E-state index in [-0.39, 0.29) is 24.2 Å². The van der Waals surface area contributed by atoms with Crippen molar-refractivity contribution in [1.29, 1.82) is 0 Å². The van der Waals surface area contributed by atoms with E-state index >= 15 is 0 Å². The molecule has 3 N–H and O–H groups in total. The largest absolute Gasteiger partial charge is 0.459 e. The summed E-state index contributed by atoms with van der Waals surface area (Å²) in [6, 6.07) is 19.7. The average molecular weight is 416 g/mol. The van der Waals surface area contributed by atoms with E-state index in [0.717, 1.165) is 11.3 Å². The Bertz CT molecular complexity index is 1150. The molecule has 0 unspecified atom stereocenters. The molecule has 0 aliphatic rings. The number of urea groups is 1. The molecule has 156 valence electrons. The third kappa shape index (κ3) is 5.15. The fraction of sp³-hybridized carbons (Fsp3) is 0.0909. The second-order valence-electron chi connectivity index (χ2n) is 6.62. The van der Waals surface area contributed by atoms with Gasteiger partial charge in [-0.2, -0.15) is 0 Å². The number of furan rings is 1. The zero-order valence-electron chi connectivity index (χ0n) is 16.5. The number of nitrogens with zero attached hydrogens (tertiary/aromatic N) is 3. The summed E-state index contributed by atoms with van der Waals surface area (Å²) in [4.78, 5) is 24.3. The van der Waals surface area contributed by atoms with Gasteiger partial charge in [0.1, 0.15) is 6.33 Å². The summed E-state index contributed by atoms with van der Waals surface area (Å²) in [6.45, 7) is 0.516. The fourth-order valence-electron chi connectivity index (χ4n) is 2.95. The summed E-state index contributed by atoms with van der Waals surface area (Å²) in [5, 5.41) is 16.3. The van der Waals surface area contributed by atoms with Crippen molar-refractivity contribution < 1.29 is 14.0 Å². The Balaban J connectivity index is 1.29. The number of para-hydroxylation sites is 1. The van der Waals surface area contributed by atoms with Gasteiger partial charge in [-0.3, -0.25) is 9.36 Å². The summed E-state index contributed by atoms with van der Waals surface area (Å²) < 4.78 is 6.89. The molecule has 9 nitrogen and oxygen atoms in total. The van der Waals surface area contributed by atoms with Gasteiger partial charge in [0.2, 0.25) is 0 Å². The highest BCUT2D eigenvalue weighted by molar-refractivity contribution is 6.02. The number of rotatable bonds is 7. The summed E-state index contributed by atoms with van der Waals surface area (Å²) in [6.07, 6.45) is 3.04. The van der Waals surface area contributed by atoms with Crippen LogP contribution in [0.15, 0.2) is 83.7 Å². The number of hydrogen-bond acceptors (Lipinski definition) is 5. The Kier molecular flexibility index (Phi) is 6.03. The number of carbonyl (C=O) groups excluding carboxylic acids is 2. The normalized spacial score (nSPS) is 10.5. The van der Waals surface area contributed by atoms with Crippen LogP contribution in [0.3, 0.4) is 0 Å². The van der Waals surface area contributed by atoms with Gasteiger partial charge in [0.15, 0.2) is 11.6 Å². The molecule has 0 saturated heterocycles. The first-order valence-electron chi connectivity index (χ1n) is 9.59. The Morgan fingerprint density at radius 1 is 0.935 bits per heavy atom. The first-order chi connectivity index (χ1) is 15.2. The lowest BCUT2D eigenvalue weighted by Gasteiger charge is -2.10. The van der Waals surface area contributed by atoms with E-state index in [9.17, 15) is 9.59 Å². The summed E-state index contributed by atoms with van der Waals surface area (Å²) >= 11 is 0. The van der Waals surface area contributed by atoms with Crippen LogP contribution in [0.1, 0.15) is 21.9 Å². The van der Waals surface area contributed by atoms with E-state index in [0.29, 0.717) is 18.1 Å². The smallest absolute Gasteiger partial charge is 0.315 e. The lowest BCUT2D eigenvalue weighted by molar-refractivity contribution is 0.0996. The van der Waals surface area contributed by atoms with Crippen molar-refractivity contribution in [2.75, 3.05) is 5.32 Å². The minimum absolute atomic E-state index is 0.222. The van der Waals surface area contributed by atoms with Crippen molar-refractivity contribution in [2.24, 2.45) is 0 Å². The van der Waals surface area contributed by atoms with Crippen LogP contribution in [0.2, 0.25) is 0 Å². The molecule has 2 heterocycles. The molecule has 0 bridgehead atoms. The van der Waals surface area contributed by atoms with Gasteiger partial charge in [0, 0.05) is 17.9 Å². The van der Waals surface area contributed by atoms with Crippen LogP contribution in [0.5, 0.6) is 0 Å². The van der Waals surface area contributed by atoms with Gasteiger partial charge >= 0.3 is 6.03 Å². The zero-order chi connectivity index (χ0) is 21.5. The maximum absolute atomic E-state index is 12.2. The average Bonchev–Trinajstić information content (AvgIpc) is 3.49. The number of aromatic nitrogens is 3. The van der Waals surface area contributed by atoms with Crippen LogP contribution in [0.4, 0.5) is 10.5 Å². The summed E-state index contributed by atoms with van der Waals surface area (Å²) in [5.41, 5.74) is 2.36. The maximum Gasteiger partial charge on any atom is 0.315 e. The van der Waals surface area contributed by atoms with Crippen LogP contribution in [-0.4, -0.2) is 26.7 Å². The number of carbonyl (C=O) groups is 2. The Labute approximate surface area is 178 Å². The molecule has 31 heavy (non-hydrogen) atoms. The van der Waals surface area contributed by atoms with Crippen LogP contribution < -0.4 is 16.0 Å². The van der Waals surface area contributed by atoms with E-state index in [1.807, 2.05) is 41.0 Å². The van der Waals surface area contributed by atoms with Crippen molar-refractivity contribution in [1.82, 2.24) is 25.4 Å². The third-order valence-electron chi connectivity index (χ3n) is 4.44. The second-order valence-corrected chi connectivity index (χ2v) is 6.62. The number of hydrogen-bond donors (Lipinski definition) is 3. The molecule has 0 saturated carbocycles. The first-order valence-corrected chi connectivity index (χ1v) is 9.59.